The van der Waals surface area contributed by atoms with Crippen molar-refractivity contribution in [2.75, 3.05) is 39.3 Å². The fraction of sp³-hybridized carbons (Fsp3) is 0.286. The third-order valence-corrected chi connectivity index (χ3v) is 6.72. The standard InChI is InChI=1S/C28H29ClN2O5S/c1-4-35-27(32)18-5-11-22(12-6-18)36-17-24-23-16-26(34-3)25(33-2)15-19(23)13-14-31(24)28(37)30-21-9-7-20(29)8-10-21/h5-12,15-16,24H,4,13-14,17H2,1-3H3,(H,30,37)/t24-/m0/s1. The van der Waals surface area contributed by atoms with E-state index < -0.39 is 0 Å². The maximum absolute atomic E-state index is 12.0. The SMILES string of the molecule is CCOC(=O)c1ccc(OC[C@H]2c3cc(OC)c(OC)cc3CCN2C(=S)Nc2ccc(Cl)cc2)cc1. The van der Waals surface area contributed by atoms with Crippen LogP contribution in [0.5, 0.6) is 17.2 Å². The molecular weight excluding hydrogens is 512 g/mol. The number of methoxy groups -OCH3 is 2. The smallest absolute Gasteiger partial charge is 0.338 e. The number of benzene rings is 3. The highest BCUT2D eigenvalue weighted by Gasteiger charge is 2.31. The number of thiocarbonyl (C=S) groups is 1. The number of nitrogens with zero attached hydrogens (tertiary/aromatic N) is 1. The average Bonchev–Trinajstić information content (AvgIpc) is 2.92. The van der Waals surface area contributed by atoms with Gasteiger partial charge >= 0.3 is 5.97 Å². The lowest BCUT2D eigenvalue weighted by molar-refractivity contribution is 0.0526. The van der Waals surface area contributed by atoms with Crippen molar-refractivity contribution in [1.29, 1.82) is 0 Å². The average molecular weight is 541 g/mol. The van der Waals surface area contributed by atoms with Crippen molar-refractivity contribution < 1.29 is 23.7 Å². The van der Waals surface area contributed by atoms with E-state index in [9.17, 15) is 4.79 Å². The summed E-state index contributed by atoms with van der Waals surface area (Å²) in [4.78, 5) is 14.1. The van der Waals surface area contributed by atoms with Gasteiger partial charge in [-0.3, -0.25) is 0 Å². The molecule has 0 unspecified atom stereocenters. The lowest BCUT2D eigenvalue weighted by Gasteiger charge is -2.39. The topological polar surface area (TPSA) is 69.3 Å². The van der Waals surface area contributed by atoms with E-state index in [1.54, 1.807) is 45.4 Å². The molecule has 0 spiro atoms. The minimum atomic E-state index is -0.360. The summed E-state index contributed by atoms with van der Waals surface area (Å²) in [5.74, 6) is 1.60. The Balaban J connectivity index is 1.59. The molecule has 0 fully saturated rings. The molecule has 1 atom stereocenters. The van der Waals surface area contributed by atoms with Gasteiger partial charge in [-0.15, -0.1) is 0 Å². The van der Waals surface area contributed by atoms with Crippen LogP contribution in [0.3, 0.4) is 0 Å². The van der Waals surface area contributed by atoms with Crippen LogP contribution in [0.15, 0.2) is 60.7 Å². The van der Waals surface area contributed by atoms with Gasteiger partial charge in [-0.2, -0.15) is 0 Å². The quantitative estimate of drug-likeness (QED) is 0.279. The molecule has 0 radical (unpaired) electrons. The number of carbonyl (C=O) groups is 1. The van der Waals surface area contributed by atoms with E-state index in [1.165, 1.54) is 0 Å². The minimum Gasteiger partial charge on any atom is -0.493 e. The predicted molar refractivity (Wildman–Crippen MR) is 148 cm³/mol. The van der Waals surface area contributed by atoms with E-state index in [0.29, 0.717) is 52.7 Å². The molecule has 1 heterocycles. The van der Waals surface area contributed by atoms with Gasteiger partial charge in [0.25, 0.3) is 0 Å². The first-order chi connectivity index (χ1) is 17.9. The van der Waals surface area contributed by atoms with Crippen molar-refractivity contribution >= 4 is 40.6 Å². The molecule has 3 aromatic rings. The van der Waals surface area contributed by atoms with Crippen LogP contribution in [0.2, 0.25) is 5.02 Å². The number of halogens is 1. The fourth-order valence-electron chi connectivity index (χ4n) is 4.26. The van der Waals surface area contributed by atoms with Gasteiger partial charge in [0.2, 0.25) is 0 Å². The van der Waals surface area contributed by atoms with Crippen LogP contribution in [0.25, 0.3) is 0 Å². The monoisotopic (exact) mass is 540 g/mol. The van der Waals surface area contributed by atoms with Crippen molar-refractivity contribution in [2.24, 2.45) is 0 Å². The summed E-state index contributed by atoms with van der Waals surface area (Å²) in [6, 6.07) is 18.1. The van der Waals surface area contributed by atoms with Crippen molar-refractivity contribution in [2.45, 2.75) is 19.4 Å². The molecule has 0 aliphatic carbocycles. The Morgan fingerprint density at radius 1 is 1.05 bits per heavy atom. The molecule has 1 aliphatic heterocycles. The summed E-state index contributed by atoms with van der Waals surface area (Å²) in [6.45, 7) is 3.12. The van der Waals surface area contributed by atoms with Gasteiger partial charge in [-0.1, -0.05) is 11.6 Å². The number of esters is 1. The summed E-state index contributed by atoms with van der Waals surface area (Å²) in [5, 5.41) is 4.55. The van der Waals surface area contributed by atoms with Crippen LogP contribution in [0.4, 0.5) is 5.69 Å². The molecule has 0 saturated heterocycles. The Bertz CT molecular complexity index is 1250. The Kier molecular flexibility index (Phi) is 8.74. The minimum absolute atomic E-state index is 0.194. The highest BCUT2D eigenvalue weighted by Crippen LogP contribution is 2.38. The first-order valence-corrected chi connectivity index (χ1v) is 12.7. The van der Waals surface area contributed by atoms with Crippen LogP contribution >= 0.6 is 23.8 Å². The maximum atomic E-state index is 12.0. The van der Waals surface area contributed by atoms with Gasteiger partial charge in [0.15, 0.2) is 16.6 Å². The van der Waals surface area contributed by atoms with E-state index in [4.69, 9.17) is 42.8 Å². The lowest BCUT2D eigenvalue weighted by Crippen LogP contribution is -2.44. The van der Waals surface area contributed by atoms with Crippen LogP contribution < -0.4 is 19.5 Å². The zero-order valence-corrected chi connectivity index (χ0v) is 22.5. The second-order valence-corrected chi connectivity index (χ2v) is 9.18. The molecule has 3 aromatic carbocycles. The van der Waals surface area contributed by atoms with E-state index in [0.717, 1.165) is 23.2 Å². The first kappa shape index (κ1) is 26.6. The first-order valence-electron chi connectivity index (χ1n) is 11.9. The number of anilines is 1. The largest absolute Gasteiger partial charge is 0.493 e. The molecule has 4 rings (SSSR count). The number of rotatable bonds is 8. The molecule has 7 nitrogen and oxygen atoms in total. The van der Waals surface area contributed by atoms with Gasteiger partial charge in [0.1, 0.15) is 12.4 Å². The van der Waals surface area contributed by atoms with Crippen LogP contribution in [0, 0.1) is 0 Å². The van der Waals surface area contributed by atoms with Crippen LogP contribution in [0.1, 0.15) is 34.5 Å². The molecule has 0 bridgehead atoms. The molecular formula is C28H29ClN2O5S. The highest BCUT2D eigenvalue weighted by molar-refractivity contribution is 7.80. The van der Waals surface area contributed by atoms with E-state index in [2.05, 4.69) is 10.2 Å². The second kappa shape index (κ2) is 12.2. The third-order valence-electron chi connectivity index (χ3n) is 6.13. The molecule has 1 aliphatic rings. The zero-order valence-electron chi connectivity index (χ0n) is 21.0. The van der Waals surface area contributed by atoms with Crippen molar-refractivity contribution in [1.82, 2.24) is 4.90 Å². The molecule has 194 valence electrons. The number of carbonyl (C=O) groups excluding carboxylic acids is 1. The summed E-state index contributed by atoms with van der Waals surface area (Å²) in [6.07, 6.45) is 0.781. The highest BCUT2D eigenvalue weighted by atomic mass is 35.5. The van der Waals surface area contributed by atoms with Crippen molar-refractivity contribution in [3.63, 3.8) is 0 Å². The molecule has 0 saturated carbocycles. The van der Waals surface area contributed by atoms with Gasteiger partial charge < -0.3 is 29.2 Å². The summed E-state index contributed by atoms with van der Waals surface area (Å²) >= 11 is 11.9. The van der Waals surface area contributed by atoms with Gasteiger partial charge in [-0.25, -0.2) is 4.79 Å². The molecule has 1 N–H and O–H groups in total. The summed E-state index contributed by atoms with van der Waals surface area (Å²) in [5.41, 5.74) is 3.52. The summed E-state index contributed by atoms with van der Waals surface area (Å²) in [7, 11) is 3.25. The number of fused-ring (bicyclic) bond motifs is 1. The predicted octanol–water partition coefficient (Wildman–Crippen LogP) is 5.91. The Labute approximate surface area is 227 Å². The number of nitrogens with one attached hydrogen (secondary N) is 1. The lowest BCUT2D eigenvalue weighted by atomic mass is 9.92. The normalized spacial score (nSPS) is 14.4. The number of hydrogen-bond donors (Lipinski definition) is 1. The second-order valence-electron chi connectivity index (χ2n) is 8.36. The van der Waals surface area contributed by atoms with Crippen LogP contribution in [-0.2, 0) is 11.2 Å². The van der Waals surface area contributed by atoms with E-state index in [1.807, 2.05) is 36.4 Å². The molecule has 9 heteroatoms. The zero-order chi connectivity index (χ0) is 26.4. The molecule has 37 heavy (non-hydrogen) atoms. The number of ether oxygens (including phenoxy) is 4. The van der Waals surface area contributed by atoms with Crippen molar-refractivity contribution in [3.05, 3.63) is 82.4 Å². The van der Waals surface area contributed by atoms with Crippen LogP contribution in [-0.4, -0.2) is 50.0 Å². The molecule has 0 aromatic heterocycles. The fourth-order valence-corrected chi connectivity index (χ4v) is 4.72. The van der Waals surface area contributed by atoms with Gasteiger partial charge in [-0.05, 0) is 97.4 Å². The van der Waals surface area contributed by atoms with Gasteiger partial charge in [0.05, 0.1) is 32.4 Å². The Morgan fingerprint density at radius 2 is 1.73 bits per heavy atom. The van der Waals surface area contributed by atoms with E-state index >= 15 is 0 Å². The third kappa shape index (κ3) is 6.26. The van der Waals surface area contributed by atoms with E-state index in [-0.39, 0.29) is 12.0 Å². The maximum Gasteiger partial charge on any atom is 0.338 e. The molecule has 0 amide bonds. The van der Waals surface area contributed by atoms with Crippen molar-refractivity contribution in [3.8, 4) is 17.2 Å². The number of hydrogen-bond acceptors (Lipinski definition) is 6. The Morgan fingerprint density at radius 3 is 2.38 bits per heavy atom. The Hall–Kier alpha value is -3.49. The summed E-state index contributed by atoms with van der Waals surface area (Å²) < 4.78 is 22.4. The van der Waals surface area contributed by atoms with Gasteiger partial charge in [0, 0.05) is 17.3 Å².